The van der Waals surface area contributed by atoms with E-state index in [4.69, 9.17) is 14.2 Å². The maximum atomic E-state index is 6.07. The summed E-state index contributed by atoms with van der Waals surface area (Å²) < 4.78 is 17.6. The fourth-order valence-corrected chi connectivity index (χ4v) is 2.49. The van der Waals surface area contributed by atoms with Gasteiger partial charge in [0.2, 0.25) is 0 Å². The summed E-state index contributed by atoms with van der Waals surface area (Å²) in [6.45, 7) is 8.13. The molecular weight excluding hydrogens is 278 g/mol. The minimum atomic E-state index is 0.181. The molecule has 0 amide bonds. The summed E-state index contributed by atoms with van der Waals surface area (Å²) in [5.41, 5.74) is 1.14. The predicted molar refractivity (Wildman–Crippen MR) is 88.8 cm³/mol. The first-order valence-corrected chi connectivity index (χ1v) is 8.56. The van der Waals surface area contributed by atoms with Gasteiger partial charge in [0.15, 0.2) is 11.5 Å². The molecule has 22 heavy (non-hydrogen) atoms. The maximum absolute atomic E-state index is 6.07. The second-order valence-corrected chi connectivity index (χ2v) is 5.66. The van der Waals surface area contributed by atoms with E-state index in [1.54, 1.807) is 0 Å². The quantitative estimate of drug-likeness (QED) is 0.706. The molecule has 1 aliphatic rings. The Labute approximate surface area is 134 Å². The minimum Gasteiger partial charge on any atom is -0.490 e. The number of morpholine rings is 1. The zero-order valence-corrected chi connectivity index (χ0v) is 13.9. The molecule has 1 aromatic rings. The van der Waals surface area contributed by atoms with E-state index in [0.717, 1.165) is 69.1 Å². The van der Waals surface area contributed by atoms with Crippen LogP contribution in [0.25, 0.3) is 0 Å². The molecule has 1 saturated heterocycles. The summed E-state index contributed by atoms with van der Waals surface area (Å²) in [7, 11) is 0. The van der Waals surface area contributed by atoms with Crippen molar-refractivity contribution in [1.82, 2.24) is 5.32 Å². The topological polar surface area (TPSA) is 39.7 Å². The van der Waals surface area contributed by atoms with Crippen LogP contribution in [0, 0.1) is 0 Å². The molecule has 1 atom stereocenters. The van der Waals surface area contributed by atoms with Crippen molar-refractivity contribution >= 4 is 0 Å². The second-order valence-electron chi connectivity index (χ2n) is 5.66. The standard InChI is InChI=1S/C18H29NO3/c1-3-5-11-21-17-9-7-8-15(16-14-20-13-10-19-16)18(17)22-12-6-4-2/h7-9,16,19H,3-6,10-14H2,1-2H3. The summed E-state index contributed by atoms with van der Waals surface area (Å²) >= 11 is 0. The molecule has 1 fully saturated rings. The van der Waals surface area contributed by atoms with Crippen molar-refractivity contribution in [3.05, 3.63) is 23.8 Å². The molecule has 1 heterocycles. The van der Waals surface area contributed by atoms with Crippen LogP contribution in [0.2, 0.25) is 0 Å². The summed E-state index contributed by atoms with van der Waals surface area (Å²) in [5, 5.41) is 3.50. The van der Waals surface area contributed by atoms with Crippen molar-refractivity contribution in [1.29, 1.82) is 0 Å². The van der Waals surface area contributed by atoms with E-state index >= 15 is 0 Å². The number of ether oxygens (including phenoxy) is 3. The molecule has 0 radical (unpaired) electrons. The fourth-order valence-electron chi connectivity index (χ4n) is 2.49. The van der Waals surface area contributed by atoms with Crippen LogP contribution in [0.3, 0.4) is 0 Å². The van der Waals surface area contributed by atoms with Gasteiger partial charge in [-0.15, -0.1) is 0 Å². The van der Waals surface area contributed by atoms with Crippen molar-refractivity contribution in [2.45, 2.75) is 45.6 Å². The second kappa shape index (κ2) is 9.70. The Morgan fingerprint density at radius 2 is 1.91 bits per heavy atom. The molecule has 4 nitrogen and oxygen atoms in total. The fraction of sp³-hybridized carbons (Fsp3) is 0.667. The van der Waals surface area contributed by atoms with Crippen molar-refractivity contribution in [3.63, 3.8) is 0 Å². The van der Waals surface area contributed by atoms with Gasteiger partial charge in [-0.05, 0) is 18.9 Å². The number of rotatable bonds is 9. The number of hydrogen-bond donors (Lipinski definition) is 1. The third-order valence-electron chi connectivity index (χ3n) is 3.81. The first kappa shape index (κ1) is 17.1. The molecule has 0 aliphatic carbocycles. The Balaban J connectivity index is 2.15. The lowest BCUT2D eigenvalue weighted by Crippen LogP contribution is -2.34. The molecule has 4 heteroatoms. The lowest BCUT2D eigenvalue weighted by Gasteiger charge is -2.27. The van der Waals surface area contributed by atoms with Gasteiger partial charge in [-0.1, -0.05) is 38.8 Å². The third kappa shape index (κ3) is 4.89. The van der Waals surface area contributed by atoms with Gasteiger partial charge < -0.3 is 19.5 Å². The molecule has 0 saturated carbocycles. The van der Waals surface area contributed by atoms with Crippen molar-refractivity contribution < 1.29 is 14.2 Å². The van der Waals surface area contributed by atoms with Gasteiger partial charge in [0.05, 0.1) is 32.5 Å². The Bertz CT molecular complexity index is 430. The smallest absolute Gasteiger partial charge is 0.166 e. The van der Waals surface area contributed by atoms with Gasteiger partial charge in [0.25, 0.3) is 0 Å². The number of benzene rings is 1. The first-order valence-electron chi connectivity index (χ1n) is 8.56. The van der Waals surface area contributed by atoms with Crippen LogP contribution in [-0.4, -0.2) is 33.0 Å². The summed E-state index contributed by atoms with van der Waals surface area (Å²) in [6, 6.07) is 6.34. The number of nitrogens with one attached hydrogen (secondary N) is 1. The van der Waals surface area contributed by atoms with E-state index < -0.39 is 0 Å². The lowest BCUT2D eigenvalue weighted by atomic mass is 10.0. The largest absolute Gasteiger partial charge is 0.490 e. The Hall–Kier alpha value is -1.26. The first-order chi connectivity index (χ1) is 10.9. The van der Waals surface area contributed by atoms with Crippen LogP contribution in [0.4, 0.5) is 0 Å². The average Bonchev–Trinajstić information content (AvgIpc) is 2.57. The number of hydrogen-bond acceptors (Lipinski definition) is 4. The zero-order valence-electron chi connectivity index (χ0n) is 13.9. The monoisotopic (exact) mass is 307 g/mol. The van der Waals surface area contributed by atoms with Crippen LogP contribution in [-0.2, 0) is 4.74 Å². The van der Waals surface area contributed by atoms with Gasteiger partial charge in [0, 0.05) is 12.1 Å². The number of unbranched alkanes of at least 4 members (excludes halogenated alkanes) is 2. The molecule has 0 spiro atoms. The van der Waals surface area contributed by atoms with Crippen molar-refractivity contribution in [3.8, 4) is 11.5 Å². The zero-order chi connectivity index (χ0) is 15.6. The van der Waals surface area contributed by atoms with Crippen molar-refractivity contribution in [2.24, 2.45) is 0 Å². The molecular formula is C18H29NO3. The minimum absolute atomic E-state index is 0.181. The van der Waals surface area contributed by atoms with Crippen LogP contribution in [0.5, 0.6) is 11.5 Å². The molecule has 1 aromatic carbocycles. The molecule has 2 rings (SSSR count). The van der Waals surface area contributed by atoms with Gasteiger partial charge in [0.1, 0.15) is 0 Å². The highest BCUT2D eigenvalue weighted by Crippen LogP contribution is 2.36. The lowest BCUT2D eigenvalue weighted by molar-refractivity contribution is 0.0755. The predicted octanol–water partition coefficient (Wildman–Crippen LogP) is 3.71. The van der Waals surface area contributed by atoms with E-state index in [1.807, 2.05) is 12.1 Å². The Kier molecular flexibility index (Phi) is 7.54. The van der Waals surface area contributed by atoms with Crippen molar-refractivity contribution in [2.75, 3.05) is 33.0 Å². The van der Waals surface area contributed by atoms with E-state index in [1.165, 1.54) is 0 Å². The normalized spacial score (nSPS) is 18.2. The van der Waals surface area contributed by atoms with Crippen LogP contribution in [0.1, 0.15) is 51.1 Å². The van der Waals surface area contributed by atoms with Crippen LogP contribution >= 0.6 is 0 Å². The van der Waals surface area contributed by atoms with Crippen LogP contribution < -0.4 is 14.8 Å². The molecule has 0 bridgehead atoms. The molecule has 124 valence electrons. The molecule has 0 aromatic heterocycles. The van der Waals surface area contributed by atoms with Gasteiger partial charge in [-0.3, -0.25) is 0 Å². The van der Waals surface area contributed by atoms with E-state index in [9.17, 15) is 0 Å². The highest BCUT2D eigenvalue weighted by Gasteiger charge is 2.22. The Morgan fingerprint density at radius 1 is 1.14 bits per heavy atom. The SMILES string of the molecule is CCCCOc1cccc(C2COCCN2)c1OCCCC. The summed E-state index contributed by atoms with van der Waals surface area (Å²) in [5.74, 6) is 1.74. The van der Waals surface area contributed by atoms with Gasteiger partial charge in [-0.2, -0.15) is 0 Å². The highest BCUT2D eigenvalue weighted by atomic mass is 16.5. The molecule has 1 aliphatic heterocycles. The Morgan fingerprint density at radius 3 is 2.59 bits per heavy atom. The van der Waals surface area contributed by atoms with Gasteiger partial charge in [-0.25, -0.2) is 0 Å². The van der Waals surface area contributed by atoms with Crippen LogP contribution in [0.15, 0.2) is 18.2 Å². The average molecular weight is 307 g/mol. The van der Waals surface area contributed by atoms with Gasteiger partial charge >= 0.3 is 0 Å². The van der Waals surface area contributed by atoms with E-state index in [2.05, 4.69) is 25.2 Å². The van der Waals surface area contributed by atoms with E-state index in [-0.39, 0.29) is 6.04 Å². The summed E-state index contributed by atoms with van der Waals surface area (Å²) in [4.78, 5) is 0. The summed E-state index contributed by atoms with van der Waals surface area (Å²) in [6.07, 6.45) is 4.36. The molecule has 1 unspecified atom stereocenters. The molecule has 1 N–H and O–H groups in total. The highest BCUT2D eigenvalue weighted by molar-refractivity contribution is 5.48. The number of para-hydroxylation sites is 1. The third-order valence-corrected chi connectivity index (χ3v) is 3.81. The van der Waals surface area contributed by atoms with E-state index in [0.29, 0.717) is 6.61 Å². The maximum Gasteiger partial charge on any atom is 0.166 e.